The Morgan fingerprint density at radius 1 is 0.875 bits per heavy atom. The third kappa shape index (κ3) is 1.81. The van der Waals surface area contributed by atoms with Crippen LogP contribution in [-0.2, 0) is 0 Å². The Morgan fingerprint density at radius 3 is 1.50 bits per heavy atom. The lowest BCUT2D eigenvalue weighted by atomic mass is 9.87. The molecular weight excluding hydrogens is 350 g/mol. The van der Waals surface area contributed by atoms with Crippen LogP contribution in [0.15, 0.2) is 12.1 Å². The quantitative estimate of drug-likeness (QED) is 0.700. The number of hydrogen-bond donors (Lipinski definition) is 2. The number of fused-ring (bicyclic) bond motifs is 1. The molecule has 4 unspecified atom stereocenters. The highest BCUT2D eigenvalue weighted by Crippen LogP contribution is 2.43. The Hall–Kier alpha value is -0.0400. The lowest BCUT2D eigenvalue weighted by molar-refractivity contribution is 0.105. The number of aliphatic hydroxyl groups excluding tert-OH is 2. The molecule has 0 saturated heterocycles. The van der Waals surface area contributed by atoms with Crippen LogP contribution >= 0.6 is 31.9 Å². The van der Waals surface area contributed by atoms with Gasteiger partial charge in [0.05, 0.1) is 21.9 Å². The van der Waals surface area contributed by atoms with E-state index in [2.05, 4.69) is 31.9 Å². The summed E-state index contributed by atoms with van der Waals surface area (Å²) in [6.45, 7) is 0. The summed E-state index contributed by atoms with van der Waals surface area (Å²) < 4.78 is 26.1. The summed E-state index contributed by atoms with van der Waals surface area (Å²) >= 11 is 6.40. The summed E-state index contributed by atoms with van der Waals surface area (Å²) in [6, 6.07) is 1.84. The Labute approximate surface area is 108 Å². The largest absolute Gasteiger partial charge is 0.387 e. The van der Waals surface area contributed by atoms with Gasteiger partial charge in [-0.1, -0.05) is 31.9 Å². The molecule has 4 atom stereocenters. The molecule has 1 aliphatic rings. The summed E-state index contributed by atoms with van der Waals surface area (Å²) in [4.78, 5) is -0.917. The van der Waals surface area contributed by atoms with Crippen LogP contribution in [0.4, 0.5) is 8.78 Å². The molecule has 2 N–H and O–H groups in total. The molecule has 1 aliphatic carbocycles. The van der Waals surface area contributed by atoms with Crippen LogP contribution in [0, 0.1) is 11.6 Å². The number of alkyl halides is 2. The Balaban J connectivity index is 2.59. The van der Waals surface area contributed by atoms with Gasteiger partial charge in [-0.25, -0.2) is 8.78 Å². The molecule has 88 valence electrons. The Morgan fingerprint density at radius 2 is 1.19 bits per heavy atom. The molecular formula is C10H8Br2F2O2. The third-order valence-corrected chi connectivity index (χ3v) is 5.52. The number of halogens is 4. The smallest absolute Gasteiger partial charge is 0.159 e. The molecule has 1 aromatic rings. The van der Waals surface area contributed by atoms with Gasteiger partial charge < -0.3 is 10.2 Å². The van der Waals surface area contributed by atoms with E-state index in [0.717, 1.165) is 12.1 Å². The molecule has 0 aromatic heterocycles. The topological polar surface area (TPSA) is 40.5 Å². The molecule has 2 nitrogen and oxygen atoms in total. The van der Waals surface area contributed by atoms with Crippen molar-refractivity contribution in [3.05, 3.63) is 34.9 Å². The number of hydrogen-bond acceptors (Lipinski definition) is 2. The second-order valence-corrected chi connectivity index (χ2v) is 5.79. The lowest BCUT2D eigenvalue weighted by Gasteiger charge is -2.34. The van der Waals surface area contributed by atoms with Crippen molar-refractivity contribution in [3.8, 4) is 0 Å². The minimum Gasteiger partial charge on any atom is -0.387 e. The first kappa shape index (κ1) is 12.4. The highest BCUT2D eigenvalue weighted by molar-refractivity contribution is 9.12. The normalized spacial score (nSPS) is 33.6. The van der Waals surface area contributed by atoms with Crippen molar-refractivity contribution in [2.24, 2.45) is 0 Å². The maximum atomic E-state index is 13.0. The molecule has 0 radical (unpaired) electrons. The van der Waals surface area contributed by atoms with Gasteiger partial charge in [0.2, 0.25) is 0 Å². The standard InChI is InChI=1S/C10H8Br2F2O2/c11-7-8(12)10(16)4-2-6(14)5(13)1-3(4)9(7)15/h1-2,7-10,15-16H. The van der Waals surface area contributed by atoms with Crippen LogP contribution in [0.2, 0.25) is 0 Å². The van der Waals surface area contributed by atoms with Gasteiger partial charge in [-0.15, -0.1) is 0 Å². The molecule has 0 fully saturated rings. The Bertz CT molecular complexity index is 389. The van der Waals surface area contributed by atoms with Crippen molar-refractivity contribution in [1.82, 2.24) is 0 Å². The molecule has 0 bridgehead atoms. The third-order valence-electron chi connectivity index (χ3n) is 2.67. The summed E-state index contributed by atoms with van der Waals surface area (Å²) in [6.07, 6.45) is -1.98. The summed E-state index contributed by atoms with van der Waals surface area (Å²) in [5, 5.41) is 19.7. The average Bonchev–Trinajstić information content (AvgIpc) is 2.26. The summed E-state index contributed by atoms with van der Waals surface area (Å²) in [5.74, 6) is -2.06. The van der Waals surface area contributed by atoms with Crippen LogP contribution in [0.25, 0.3) is 0 Å². The molecule has 2 rings (SSSR count). The number of rotatable bonds is 0. The van der Waals surface area contributed by atoms with Gasteiger partial charge in [0.25, 0.3) is 0 Å². The van der Waals surface area contributed by atoms with Crippen molar-refractivity contribution < 1.29 is 19.0 Å². The number of benzene rings is 1. The van der Waals surface area contributed by atoms with E-state index >= 15 is 0 Å². The van der Waals surface area contributed by atoms with Crippen molar-refractivity contribution in [2.75, 3.05) is 0 Å². The van der Waals surface area contributed by atoms with E-state index in [1.165, 1.54) is 0 Å². The van der Waals surface area contributed by atoms with E-state index in [1.54, 1.807) is 0 Å². The van der Waals surface area contributed by atoms with Gasteiger partial charge in [0.15, 0.2) is 11.6 Å². The van der Waals surface area contributed by atoms with Crippen LogP contribution in [-0.4, -0.2) is 19.9 Å². The lowest BCUT2D eigenvalue weighted by Crippen LogP contribution is -2.34. The van der Waals surface area contributed by atoms with Crippen molar-refractivity contribution in [1.29, 1.82) is 0 Å². The van der Waals surface area contributed by atoms with Gasteiger partial charge in [-0.2, -0.15) is 0 Å². The minimum absolute atomic E-state index is 0.212. The van der Waals surface area contributed by atoms with Crippen LogP contribution in [0.3, 0.4) is 0 Å². The van der Waals surface area contributed by atoms with E-state index in [0.29, 0.717) is 0 Å². The van der Waals surface area contributed by atoms with E-state index in [-0.39, 0.29) is 11.1 Å². The zero-order chi connectivity index (χ0) is 12.0. The molecule has 6 heteroatoms. The first-order valence-corrected chi connectivity index (χ1v) is 6.39. The maximum Gasteiger partial charge on any atom is 0.159 e. The van der Waals surface area contributed by atoms with Crippen molar-refractivity contribution in [3.63, 3.8) is 0 Å². The van der Waals surface area contributed by atoms with Gasteiger partial charge in [0.1, 0.15) is 0 Å². The molecule has 0 spiro atoms. The molecule has 0 saturated carbocycles. The first-order valence-electron chi connectivity index (χ1n) is 4.56. The monoisotopic (exact) mass is 356 g/mol. The highest BCUT2D eigenvalue weighted by Gasteiger charge is 2.39. The van der Waals surface area contributed by atoms with E-state index in [1.807, 2.05) is 0 Å². The fourth-order valence-corrected chi connectivity index (χ4v) is 2.93. The number of aliphatic hydroxyl groups is 2. The summed E-state index contributed by atoms with van der Waals surface area (Å²) in [5.41, 5.74) is 0.424. The fourth-order valence-electron chi connectivity index (χ4n) is 1.78. The second kappa shape index (κ2) is 4.33. The van der Waals surface area contributed by atoms with Crippen molar-refractivity contribution >= 4 is 31.9 Å². The van der Waals surface area contributed by atoms with Gasteiger partial charge >= 0.3 is 0 Å². The Kier molecular flexibility index (Phi) is 3.36. The first-order chi connectivity index (χ1) is 7.43. The molecule has 16 heavy (non-hydrogen) atoms. The van der Waals surface area contributed by atoms with Crippen LogP contribution in [0.1, 0.15) is 23.3 Å². The molecule has 0 aliphatic heterocycles. The van der Waals surface area contributed by atoms with Crippen LogP contribution in [0.5, 0.6) is 0 Å². The zero-order valence-electron chi connectivity index (χ0n) is 7.87. The predicted octanol–water partition coefficient (Wildman–Crippen LogP) is 2.57. The van der Waals surface area contributed by atoms with Crippen molar-refractivity contribution in [2.45, 2.75) is 21.9 Å². The SMILES string of the molecule is OC1c2cc(F)c(F)cc2C(O)C(Br)C1Br. The van der Waals surface area contributed by atoms with E-state index in [9.17, 15) is 19.0 Å². The maximum absolute atomic E-state index is 13.0. The van der Waals surface area contributed by atoms with E-state index < -0.39 is 33.5 Å². The summed E-state index contributed by atoms with van der Waals surface area (Å²) in [7, 11) is 0. The van der Waals surface area contributed by atoms with Crippen LogP contribution < -0.4 is 0 Å². The molecule has 0 heterocycles. The molecule has 0 amide bonds. The fraction of sp³-hybridized carbons (Fsp3) is 0.400. The second-order valence-electron chi connectivity index (χ2n) is 3.67. The van der Waals surface area contributed by atoms with Gasteiger partial charge in [-0.3, -0.25) is 0 Å². The van der Waals surface area contributed by atoms with Gasteiger partial charge in [0, 0.05) is 0 Å². The predicted molar refractivity (Wildman–Crippen MR) is 61.7 cm³/mol. The van der Waals surface area contributed by atoms with Gasteiger partial charge in [-0.05, 0) is 23.3 Å². The van der Waals surface area contributed by atoms with E-state index in [4.69, 9.17) is 0 Å². The minimum atomic E-state index is -1.03. The zero-order valence-corrected chi connectivity index (χ0v) is 11.0. The average molecular weight is 358 g/mol. The highest BCUT2D eigenvalue weighted by atomic mass is 79.9. The molecule has 1 aromatic carbocycles.